The van der Waals surface area contributed by atoms with Gasteiger partial charge in [0.25, 0.3) is 5.91 Å². The minimum atomic E-state index is -0.726. The molecule has 6 nitrogen and oxygen atoms in total. The largest absolute Gasteiger partial charge is 0.481 e. The molecule has 0 aliphatic heterocycles. The van der Waals surface area contributed by atoms with Gasteiger partial charge in [-0.3, -0.25) is 9.59 Å². The molecular formula is C32H47NO5. The van der Waals surface area contributed by atoms with E-state index in [1.165, 1.54) is 12.8 Å². The summed E-state index contributed by atoms with van der Waals surface area (Å²) in [6.07, 6.45) is 9.07. The Balaban J connectivity index is 1.28. The molecule has 38 heavy (non-hydrogen) atoms. The van der Waals surface area contributed by atoms with Crippen molar-refractivity contribution in [1.29, 1.82) is 0 Å². The van der Waals surface area contributed by atoms with E-state index in [0.717, 1.165) is 38.5 Å². The van der Waals surface area contributed by atoms with Gasteiger partial charge >= 0.3 is 5.97 Å². The minimum Gasteiger partial charge on any atom is -0.481 e. The van der Waals surface area contributed by atoms with Gasteiger partial charge in [-0.25, -0.2) is 0 Å². The number of carbonyl (C=O) groups excluding carboxylic acids is 1. The molecule has 4 aliphatic rings. The number of hydrogen-bond donors (Lipinski definition) is 4. The monoisotopic (exact) mass is 525 g/mol. The summed E-state index contributed by atoms with van der Waals surface area (Å²) in [4.78, 5) is 24.2. The van der Waals surface area contributed by atoms with Gasteiger partial charge in [-0.05, 0) is 116 Å². The van der Waals surface area contributed by atoms with Gasteiger partial charge in [0.05, 0.1) is 12.7 Å². The molecule has 4 aliphatic carbocycles. The van der Waals surface area contributed by atoms with Gasteiger partial charge in [0.1, 0.15) is 0 Å². The van der Waals surface area contributed by atoms with Crippen LogP contribution in [-0.2, 0) is 11.4 Å². The van der Waals surface area contributed by atoms with Crippen LogP contribution in [0.25, 0.3) is 0 Å². The second-order valence-corrected chi connectivity index (χ2v) is 13.6. The predicted octanol–water partition coefficient (Wildman–Crippen LogP) is 5.41. The zero-order chi connectivity index (χ0) is 27.2. The molecule has 5 rings (SSSR count). The van der Waals surface area contributed by atoms with Crippen molar-refractivity contribution in [2.45, 2.75) is 104 Å². The van der Waals surface area contributed by atoms with E-state index in [1.807, 2.05) is 12.1 Å². The first-order valence-corrected chi connectivity index (χ1v) is 15.0. The molecule has 0 aromatic heterocycles. The van der Waals surface area contributed by atoms with Crippen molar-refractivity contribution in [2.24, 2.45) is 46.3 Å². The molecule has 1 aromatic carbocycles. The molecule has 1 amide bonds. The number of hydrogen-bond acceptors (Lipinski definition) is 4. The van der Waals surface area contributed by atoms with Crippen LogP contribution < -0.4 is 5.32 Å². The van der Waals surface area contributed by atoms with E-state index in [-0.39, 0.29) is 41.9 Å². The molecule has 0 bridgehead atoms. The molecule has 1 aromatic rings. The number of aliphatic hydroxyl groups excluding tert-OH is 2. The Morgan fingerprint density at radius 2 is 1.82 bits per heavy atom. The van der Waals surface area contributed by atoms with Crippen LogP contribution in [-0.4, -0.2) is 39.3 Å². The third kappa shape index (κ3) is 4.60. The second-order valence-electron chi connectivity index (χ2n) is 13.6. The van der Waals surface area contributed by atoms with Crippen LogP contribution in [0.1, 0.15) is 101 Å². The van der Waals surface area contributed by atoms with Crippen molar-refractivity contribution < 1.29 is 24.9 Å². The standard InChI is InChI=1S/C32H47NO5/c1-19(8-13-29(36)37)25-11-12-26-24-10-9-21-16-22(33-30(38)23-7-5-4-6-20(23)18-34)14-15-31(21,2)27(24)17-28(35)32(25,26)3/h4-7,19,21-22,24-28,34-35H,8-18H2,1-3H3,(H,33,38)(H,36,37)/t19-,21-,22+,24+,25-,26+,27+,28+,31+,32-/m1/s1. The predicted molar refractivity (Wildman–Crippen MR) is 146 cm³/mol. The topological polar surface area (TPSA) is 107 Å². The highest BCUT2D eigenvalue weighted by Gasteiger charge is 2.63. The molecule has 10 atom stereocenters. The van der Waals surface area contributed by atoms with Crippen LogP contribution in [0, 0.1) is 46.3 Å². The van der Waals surface area contributed by atoms with Crippen molar-refractivity contribution in [3.8, 4) is 0 Å². The van der Waals surface area contributed by atoms with Crippen LogP contribution in [0.4, 0.5) is 0 Å². The lowest BCUT2D eigenvalue weighted by atomic mass is 9.43. The van der Waals surface area contributed by atoms with E-state index in [1.54, 1.807) is 12.1 Å². The van der Waals surface area contributed by atoms with Gasteiger partial charge in [0.15, 0.2) is 0 Å². The highest BCUT2D eigenvalue weighted by Crippen LogP contribution is 2.68. The van der Waals surface area contributed by atoms with Crippen LogP contribution in [0.2, 0.25) is 0 Å². The number of amides is 1. The van der Waals surface area contributed by atoms with E-state index >= 15 is 0 Å². The summed E-state index contributed by atoms with van der Waals surface area (Å²) in [6.45, 7) is 6.84. The fraction of sp³-hybridized carbons (Fsp3) is 0.750. The first-order valence-electron chi connectivity index (χ1n) is 15.0. The number of carboxylic acids is 1. The summed E-state index contributed by atoms with van der Waals surface area (Å²) >= 11 is 0. The number of aliphatic hydroxyl groups is 2. The van der Waals surface area contributed by atoms with E-state index < -0.39 is 5.97 Å². The number of aliphatic carboxylic acids is 1. The zero-order valence-corrected chi connectivity index (χ0v) is 23.4. The van der Waals surface area contributed by atoms with Gasteiger partial charge < -0.3 is 20.6 Å². The Morgan fingerprint density at radius 1 is 1.05 bits per heavy atom. The summed E-state index contributed by atoms with van der Waals surface area (Å²) in [5.41, 5.74) is 1.29. The van der Waals surface area contributed by atoms with Gasteiger partial charge in [0, 0.05) is 18.0 Å². The van der Waals surface area contributed by atoms with Gasteiger partial charge in [-0.2, -0.15) is 0 Å². The average molecular weight is 526 g/mol. The number of nitrogens with one attached hydrogen (secondary N) is 1. The fourth-order valence-corrected chi connectivity index (χ4v) is 10.0. The maximum Gasteiger partial charge on any atom is 0.303 e. The van der Waals surface area contributed by atoms with Gasteiger partial charge in [0.2, 0.25) is 0 Å². The molecule has 0 unspecified atom stereocenters. The van der Waals surface area contributed by atoms with Gasteiger partial charge in [-0.1, -0.05) is 39.0 Å². The number of carbonyl (C=O) groups is 2. The Kier molecular flexibility index (Phi) is 7.69. The fourth-order valence-electron chi connectivity index (χ4n) is 10.0. The minimum absolute atomic E-state index is 0.0881. The second kappa shape index (κ2) is 10.6. The van der Waals surface area contributed by atoms with E-state index in [0.29, 0.717) is 53.1 Å². The zero-order valence-electron chi connectivity index (χ0n) is 23.4. The molecule has 210 valence electrons. The van der Waals surface area contributed by atoms with Crippen molar-refractivity contribution in [3.63, 3.8) is 0 Å². The summed E-state index contributed by atoms with van der Waals surface area (Å²) < 4.78 is 0. The maximum atomic E-state index is 13.0. The normalized spacial score (nSPS) is 40.9. The highest BCUT2D eigenvalue weighted by atomic mass is 16.4. The molecule has 6 heteroatoms. The maximum absolute atomic E-state index is 13.0. The summed E-state index contributed by atoms with van der Waals surface area (Å²) in [5.74, 6) is 2.08. The quantitative estimate of drug-likeness (QED) is 0.381. The van der Waals surface area contributed by atoms with Crippen molar-refractivity contribution in [2.75, 3.05) is 0 Å². The number of fused-ring (bicyclic) bond motifs is 5. The van der Waals surface area contributed by atoms with Crippen LogP contribution in [0.5, 0.6) is 0 Å². The Bertz CT molecular complexity index is 1040. The lowest BCUT2D eigenvalue weighted by Gasteiger charge is -2.62. The summed E-state index contributed by atoms with van der Waals surface area (Å²) in [7, 11) is 0. The van der Waals surface area contributed by atoms with Crippen molar-refractivity contribution in [1.82, 2.24) is 5.32 Å². The Hall–Kier alpha value is -1.92. The third-order valence-corrected chi connectivity index (χ3v) is 12.1. The van der Waals surface area contributed by atoms with Gasteiger partial charge in [-0.15, -0.1) is 0 Å². The molecule has 0 spiro atoms. The summed E-state index contributed by atoms with van der Waals surface area (Å²) in [6, 6.07) is 7.43. The third-order valence-electron chi connectivity index (χ3n) is 12.1. The van der Waals surface area contributed by atoms with E-state index in [9.17, 15) is 24.9 Å². The smallest absolute Gasteiger partial charge is 0.303 e. The SMILES string of the molecule is C[C@H](CCC(=O)O)[C@H]1CC[C@H]2[C@@H]3CC[C@@H]4C[C@@H](NC(=O)c5ccccc5CO)CC[C@]4(C)[C@H]3C[C@H](O)[C@]12C. The number of carboxylic acid groups (broad SMARTS) is 1. The first kappa shape index (κ1) is 27.6. The molecule has 4 saturated carbocycles. The highest BCUT2D eigenvalue weighted by molar-refractivity contribution is 5.95. The van der Waals surface area contributed by atoms with Crippen LogP contribution in [0.15, 0.2) is 24.3 Å². The molecule has 0 saturated heterocycles. The van der Waals surface area contributed by atoms with Crippen molar-refractivity contribution >= 4 is 11.9 Å². The van der Waals surface area contributed by atoms with Crippen LogP contribution in [0.3, 0.4) is 0 Å². The lowest BCUT2D eigenvalue weighted by molar-refractivity contribution is -0.169. The van der Waals surface area contributed by atoms with E-state index in [2.05, 4.69) is 26.1 Å². The Labute approximate surface area is 227 Å². The lowest BCUT2D eigenvalue weighted by Crippen LogP contribution is -2.59. The Morgan fingerprint density at radius 3 is 2.55 bits per heavy atom. The van der Waals surface area contributed by atoms with E-state index in [4.69, 9.17) is 0 Å². The first-order chi connectivity index (χ1) is 18.1. The van der Waals surface area contributed by atoms with Crippen molar-refractivity contribution in [3.05, 3.63) is 35.4 Å². The van der Waals surface area contributed by atoms with Crippen LogP contribution >= 0.6 is 0 Å². The average Bonchev–Trinajstić information content (AvgIpc) is 3.26. The molecule has 4 N–H and O–H groups in total. The molecule has 0 heterocycles. The molecule has 4 fully saturated rings. The molecule has 0 radical (unpaired) electrons. The summed E-state index contributed by atoms with van der Waals surface area (Å²) in [5, 5.41) is 33.9. The molecular weight excluding hydrogens is 478 g/mol. The number of benzene rings is 1. The number of rotatable bonds is 7.